The molecule has 4 heteroatoms. The van der Waals surface area contributed by atoms with Gasteiger partial charge in [-0.15, -0.1) is 0 Å². The van der Waals surface area contributed by atoms with E-state index in [0.29, 0.717) is 6.04 Å². The molecule has 0 aliphatic carbocycles. The fourth-order valence-electron chi connectivity index (χ4n) is 1.85. The first-order chi connectivity index (χ1) is 6.22. The average Bonchev–Trinajstić information content (AvgIpc) is 2.04. The molecule has 0 saturated carbocycles. The highest BCUT2D eigenvalue weighted by Crippen LogP contribution is 2.09. The summed E-state index contributed by atoms with van der Waals surface area (Å²) in [5.41, 5.74) is 0. The van der Waals surface area contributed by atoms with Crippen LogP contribution in [0.1, 0.15) is 19.8 Å². The van der Waals surface area contributed by atoms with Crippen molar-refractivity contribution in [3.05, 3.63) is 0 Å². The van der Waals surface area contributed by atoms with E-state index in [1.54, 1.807) is 0 Å². The van der Waals surface area contributed by atoms with E-state index in [0.717, 1.165) is 26.1 Å². The Kier molecular flexibility index (Phi) is 4.18. The topological polar surface area (TPSA) is 52.6 Å². The number of likely N-dealkylation sites (tertiary alicyclic amines) is 1. The van der Waals surface area contributed by atoms with E-state index < -0.39 is 5.97 Å². The fourth-order valence-corrected chi connectivity index (χ4v) is 1.85. The number of likely N-dealkylation sites (N-methyl/N-ethyl adjacent to an activating group) is 1. The van der Waals surface area contributed by atoms with Crippen LogP contribution in [-0.2, 0) is 4.79 Å². The van der Waals surface area contributed by atoms with E-state index in [9.17, 15) is 4.79 Å². The molecular formula is C9H18N2O2. The van der Waals surface area contributed by atoms with E-state index in [1.165, 1.54) is 6.42 Å². The van der Waals surface area contributed by atoms with Crippen LogP contribution in [0.25, 0.3) is 0 Å². The van der Waals surface area contributed by atoms with Crippen molar-refractivity contribution in [3.8, 4) is 0 Å². The Hall–Kier alpha value is -0.610. The number of nitrogens with zero attached hydrogens (tertiary/aromatic N) is 1. The summed E-state index contributed by atoms with van der Waals surface area (Å²) in [5.74, 6) is -0.725. The first kappa shape index (κ1) is 10.5. The summed E-state index contributed by atoms with van der Waals surface area (Å²) in [5, 5.41) is 12.0. The van der Waals surface area contributed by atoms with Crippen LogP contribution in [-0.4, -0.2) is 48.2 Å². The molecule has 4 nitrogen and oxygen atoms in total. The van der Waals surface area contributed by atoms with Gasteiger partial charge in [0.2, 0.25) is 0 Å². The van der Waals surface area contributed by atoms with Gasteiger partial charge in [0.05, 0.1) is 6.54 Å². The summed E-state index contributed by atoms with van der Waals surface area (Å²) in [6.45, 7) is 5.03. The number of carboxylic acids is 1. The maximum atomic E-state index is 10.5. The molecular weight excluding hydrogens is 168 g/mol. The number of piperidine rings is 1. The van der Waals surface area contributed by atoms with Crippen molar-refractivity contribution >= 4 is 5.97 Å². The van der Waals surface area contributed by atoms with Crippen molar-refractivity contribution in [1.29, 1.82) is 0 Å². The van der Waals surface area contributed by atoms with E-state index in [2.05, 4.69) is 12.2 Å². The minimum Gasteiger partial charge on any atom is -0.480 e. The zero-order valence-electron chi connectivity index (χ0n) is 8.12. The van der Waals surface area contributed by atoms with E-state index in [-0.39, 0.29) is 6.54 Å². The van der Waals surface area contributed by atoms with Crippen molar-refractivity contribution in [3.63, 3.8) is 0 Å². The van der Waals surface area contributed by atoms with Gasteiger partial charge >= 0.3 is 5.97 Å². The summed E-state index contributed by atoms with van der Waals surface area (Å²) in [6, 6.07) is 0.484. The molecule has 0 aromatic rings. The van der Waals surface area contributed by atoms with Crippen LogP contribution in [0.5, 0.6) is 0 Å². The van der Waals surface area contributed by atoms with Crippen molar-refractivity contribution < 1.29 is 9.90 Å². The van der Waals surface area contributed by atoms with Gasteiger partial charge in [-0.3, -0.25) is 9.69 Å². The maximum absolute atomic E-state index is 10.5. The smallest absolute Gasteiger partial charge is 0.317 e. The lowest BCUT2D eigenvalue weighted by Crippen LogP contribution is -2.47. The molecule has 1 atom stereocenters. The minimum absolute atomic E-state index is 0.182. The zero-order chi connectivity index (χ0) is 9.68. The standard InChI is InChI=1S/C9H18N2O2/c1-2-10-8-4-3-5-11(6-8)7-9(12)13/h8,10H,2-7H2,1H3,(H,12,13)/t8-/m0/s1. The quantitative estimate of drug-likeness (QED) is 0.656. The molecule has 1 fully saturated rings. The Morgan fingerprint density at radius 2 is 2.46 bits per heavy atom. The number of carbonyl (C=O) groups is 1. The Balaban J connectivity index is 2.28. The monoisotopic (exact) mass is 186 g/mol. The van der Waals surface area contributed by atoms with Crippen LogP contribution in [0.3, 0.4) is 0 Å². The minimum atomic E-state index is -0.725. The van der Waals surface area contributed by atoms with Crippen molar-refractivity contribution in [2.45, 2.75) is 25.8 Å². The first-order valence-corrected chi connectivity index (χ1v) is 4.90. The molecule has 2 N–H and O–H groups in total. The molecule has 0 aromatic carbocycles. The van der Waals surface area contributed by atoms with Crippen molar-refractivity contribution in [2.75, 3.05) is 26.2 Å². The number of hydrogen-bond acceptors (Lipinski definition) is 3. The van der Waals surface area contributed by atoms with Gasteiger partial charge in [0.15, 0.2) is 0 Å². The molecule has 0 amide bonds. The summed E-state index contributed by atoms with van der Waals surface area (Å²) in [6.07, 6.45) is 2.27. The number of hydrogen-bond donors (Lipinski definition) is 2. The van der Waals surface area contributed by atoms with Crippen LogP contribution < -0.4 is 5.32 Å². The molecule has 76 valence electrons. The second kappa shape index (κ2) is 5.19. The van der Waals surface area contributed by atoms with Gasteiger partial charge in [-0.2, -0.15) is 0 Å². The SMILES string of the molecule is CCN[C@H]1CCCN(CC(=O)O)C1. The van der Waals surface area contributed by atoms with Gasteiger partial charge in [0, 0.05) is 12.6 Å². The highest BCUT2D eigenvalue weighted by atomic mass is 16.4. The summed E-state index contributed by atoms with van der Waals surface area (Å²) < 4.78 is 0. The molecule has 0 unspecified atom stereocenters. The molecule has 0 radical (unpaired) electrons. The molecule has 0 aromatic heterocycles. The Labute approximate surface area is 78.9 Å². The Morgan fingerprint density at radius 3 is 3.08 bits per heavy atom. The summed E-state index contributed by atoms with van der Waals surface area (Å²) in [7, 11) is 0. The number of carboxylic acid groups (broad SMARTS) is 1. The molecule has 0 bridgehead atoms. The molecule has 1 saturated heterocycles. The van der Waals surface area contributed by atoms with Gasteiger partial charge in [-0.25, -0.2) is 0 Å². The van der Waals surface area contributed by atoms with E-state index >= 15 is 0 Å². The molecule has 0 spiro atoms. The summed E-state index contributed by atoms with van der Waals surface area (Å²) in [4.78, 5) is 12.5. The zero-order valence-corrected chi connectivity index (χ0v) is 8.12. The molecule has 1 aliphatic heterocycles. The van der Waals surface area contributed by atoms with Crippen LogP contribution in [0, 0.1) is 0 Å². The maximum Gasteiger partial charge on any atom is 0.317 e. The predicted octanol–water partition coefficient (Wildman–Crippen LogP) is 0.145. The molecule has 1 rings (SSSR count). The van der Waals surface area contributed by atoms with Gasteiger partial charge in [-0.05, 0) is 25.9 Å². The Morgan fingerprint density at radius 1 is 1.69 bits per heavy atom. The first-order valence-electron chi connectivity index (χ1n) is 4.90. The number of nitrogens with one attached hydrogen (secondary N) is 1. The fraction of sp³-hybridized carbons (Fsp3) is 0.889. The normalized spacial score (nSPS) is 24.5. The largest absolute Gasteiger partial charge is 0.480 e. The second-order valence-electron chi connectivity index (χ2n) is 3.53. The van der Waals surface area contributed by atoms with Crippen LogP contribution in [0.2, 0.25) is 0 Å². The molecule has 13 heavy (non-hydrogen) atoms. The van der Waals surface area contributed by atoms with Gasteiger partial charge in [0.1, 0.15) is 0 Å². The lowest BCUT2D eigenvalue weighted by atomic mass is 10.1. The number of aliphatic carboxylic acids is 1. The van der Waals surface area contributed by atoms with Crippen molar-refractivity contribution in [1.82, 2.24) is 10.2 Å². The van der Waals surface area contributed by atoms with Crippen LogP contribution in [0.4, 0.5) is 0 Å². The van der Waals surface area contributed by atoms with Crippen LogP contribution in [0.15, 0.2) is 0 Å². The highest BCUT2D eigenvalue weighted by molar-refractivity contribution is 5.69. The molecule has 1 heterocycles. The van der Waals surface area contributed by atoms with Gasteiger partial charge < -0.3 is 10.4 Å². The van der Waals surface area contributed by atoms with Gasteiger partial charge in [-0.1, -0.05) is 6.92 Å². The molecule has 1 aliphatic rings. The number of rotatable bonds is 4. The van der Waals surface area contributed by atoms with E-state index in [1.807, 2.05) is 4.90 Å². The average molecular weight is 186 g/mol. The highest BCUT2D eigenvalue weighted by Gasteiger charge is 2.20. The lowest BCUT2D eigenvalue weighted by Gasteiger charge is -2.31. The third-order valence-electron chi connectivity index (χ3n) is 2.36. The lowest BCUT2D eigenvalue weighted by molar-refractivity contribution is -0.138. The van der Waals surface area contributed by atoms with Crippen molar-refractivity contribution in [2.24, 2.45) is 0 Å². The van der Waals surface area contributed by atoms with E-state index in [4.69, 9.17) is 5.11 Å². The van der Waals surface area contributed by atoms with Crippen LogP contribution >= 0.6 is 0 Å². The summed E-state index contributed by atoms with van der Waals surface area (Å²) >= 11 is 0. The van der Waals surface area contributed by atoms with Gasteiger partial charge in [0.25, 0.3) is 0 Å². The third kappa shape index (κ3) is 3.74. The third-order valence-corrected chi connectivity index (χ3v) is 2.36. The second-order valence-corrected chi connectivity index (χ2v) is 3.53. The Bertz CT molecular complexity index is 171. The predicted molar refractivity (Wildman–Crippen MR) is 50.8 cm³/mol.